The van der Waals surface area contributed by atoms with E-state index in [0.717, 1.165) is 12.0 Å². The first-order valence-corrected chi connectivity index (χ1v) is 17.8. The third-order valence-corrected chi connectivity index (χ3v) is 10.9. The van der Waals surface area contributed by atoms with Crippen molar-refractivity contribution in [1.29, 1.82) is 0 Å². The molecule has 0 aromatic rings. The Balaban J connectivity index is 1.52. The SMILES string of the molecule is CO[C@@H]1C(C)=C[C@H]2C(=O)O[C@H]3C[C@@H](C/C=C(\C)C[C@@H](C)/C=C/C=C4\COC1[C@@]42O)O[C@@]1(C3)O[C@H](C)[C@@H](C)[C@H](OC(=O)/C(C)=C/C(C)C)[C@H]1O. The lowest BCUT2D eigenvalue weighted by atomic mass is 9.70. The quantitative estimate of drug-likeness (QED) is 0.229. The first kappa shape index (κ1) is 37.7. The molecule has 10 nitrogen and oxygen atoms in total. The van der Waals surface area contributed by atoms with Crippen LogP contribution >= 0.6 is 0 Å². The molecule has 10 heteroatoms. The molecule has 5 aliphatic rings. The summed E-state index contributed by atoms with van der Waals surface area (Å²) in [7, 11) is 1.56. The fraction of sp³-hybridized carbons (Fsp3) is 0.692. The van der Waals surface area contributed by atoms with Crippen LogP contribution < -0.4 is 0 Å². The predicted molar refractivity (Wildman–Crippen MR) is 183 cm³/mol. The number of fused-ring (bicyclic) bond motifs is 2. The number of esters is 2. The molecule has 3 saturated heterocycles. The van der Waals surface area contributed by atoms with E-state index in [-0.39, 0.29) is 30.8 Å². The van der Waals surface area contributed by atoms with Crippen LogP contribution in [0.15, 0.2) is 58.7 Å². The largest absolute Gasteiger partial charge is 0.462 e. The Morgan fingerprint density at radius 2 is 1.88 bits per heavy atom. The van der Waals surface area contributed by atoms with Crippen molar-refractivity contribution >= 4 is 11.9 Å². The number of carbonyl (C=O) groups excluding carboxylic acids is 2. The maximum absolute atomic E-state index is 14.3. The second-order valence-electron chi connectivity index (χ2n) is 15.3. The van der Waals surface area contributed by atoms with Crippen LogP contribution in [0, 0.1) is 23.7 Å². The van der Waals surface area contributed by atoms with Gasteiger partial charge in [0.2, 0.25) is 5.79 Å². The van der Waals surface area contributed by atoms with E-state index in [2.05, 4.69) is 26.0 Å². The Morgan fingerprint density at radius 1 is 1.14 bits per heavy atom. The van der Waals surface area contributed by atoms with Gasteiger partial charge in [0.25, 0.3) is 0 Å². The number of aliphatic hydroxyl groups excluding tert-OH is 1. The highest BCUT2D eigenvalue weighted by Gasteiger charge is 2.62. The summed E-state index contributed by atoms with van der Waals surface area (Å²) in [6.45, 7) is 15.6. The highest BCUT2D eigenvalue weighted by Crippen LogP contribution is 2.48. The molecule has 2 bridgehead atoms. The van der Waals surface area contributed by atoms with Crippen molar-refractivity contribution in [3.8, 4) is 0 Å². The summed E-state index contributed by atoms with van der Waals surface area (Å²) in [4.78, 5) is 27.4. The maximum atomic E-state index is 14.3. The van der Waals surface area contributed by atoms with Crippen molar-refractivity contribution in [2.75, 3.05) is 13.7 Å². The molecular weight excluding hydrogens is 628 g/mol. The highest BCUT2D eigenvalue weighted by molar-refractivity contribution is 5.88. The number of allylic oxidation sites excluding steroid dienone is 5. The molecule has 0 radical (unpaired) electrons. The van der Waals surface area contributed by atoms with E-state index in [4.69, 9.17) is 28.4 Å². The molecular formula is C39H56O10. The number of methoxy groups -OCH3 is 1. The van der Waals surface area contributed by atoms with Crippen molar-refractivity contribution in [1.82, 2.24) is 0 Å². The lowest BCUT2D eigenvalue weighted by Gasteiger charge is -2.53. The van der Waals surface area contributed by atoms with Crippen molar-refractivity contribution < 1.29 is 48.2 Å². The molecule has 5 rings (SSSR count). The van der Waals surface area contributed by atoms with E-state index in [1.54, 1.807) is 20.1 Å². The minimum absolute atomic E-state index is 0.0158. The van der Waals surface area contributed by atoms with Crippen LogP contribution in [0.4, 0.5) is 0 Å². The summed E-state index contributed by atoms with van der Waals surface area (Å²) in [5.41, 5.74) is 1.28. The molecule has 272 valence electrons. The Bertz CT molecular complexity index is 1410. The monoisotopic (exact) mass is 684 g/mol. The zero-order valence-electron chi connectivity index (χ0n) is 30.5. The van der Waals surface area contributed by atoms with Gasteiger partial charge >= 0.3 is 11.9 Å². The highest BCUT2D eigenvalue weighted by atomic mass is 16.7. The first-order chi connectivity index (χ1) is 23.1. The van der Waals surface area contributed by atoms with Crippen LogP contribution in [-0.2, 0) is 38.0 Å². The summed E-state index contributed by atoms with van der Waals surface area (Å²) in [6.07, 6.45) is 7.93. The molecule has 3 fully saturated rings. The second-order valence-corrected chi connectivity index (χ2v) is 15.3. The van der Waals surface area contributed by atoms with Gasteiger partial charge in [-0.3, -0.25) is 4.79 Å². The van der Waals surface area contributed by atoms with Crippen LogP contribution in [0.2, 0.25) is 0 Å². The Labute approximate surface area is 291 Å². The van der Waals surface area contributed by atoms with Crippen LogP contribution in [0.3, 0.4) is 0 Å². The van der Waals surface area contributed by atoms with Gasteiger partial charge < -0.3 is 38.6 Å². The van der Waals surface area contributed by atoms with E-state index in [9.17, 15) is 19.8 Å². The summed E-state index contributed by atoms with van der Waals surface area (Å²) in [5.74, 6) is -3.77. The molecule has 49 heavy (non-hydrogen) atoms. The van der Waals surface area contributed by atoms with E-state index in [0.29, 0.717) is 24.0 Å². The van der Waals surface area contributed by atoms with Crippen molar-refractivity contribution in [2.45, 2.75) is 135 Å². The molecule has 1 aliphatic carbocycles. The third-order valence-electron chi connectivity index (χ3n) is 10.9. The smallest absolute Gasteiger partial charge is 0.333 e. The molecule has 12 atom stereocenters. The zero-order valence-corrected chi connectivity index (χ0v) is 30.5. The fourth-order valence-corrected chi connectivity index (χ4v) is 8.18. The number of ether oxygens (including phenoxy) is 6. The Hall–Kier alpha value is -2.60. The van der Waals surface area contributed by atoms with E-state index in [1.165, 1.54) is 5.57 Å². The van der Waals surface area contributed by atoms with Gasteiger partial charge in [0.15, 0.2) is 0 Å². The second kappa shape index (κ2) is 14.9. The summed E-state index contributed by atoms with van der Waals surface area (Å²) in [6, 6.07) is 0. The zero-order chi connectivity index (χ0) is 35.8. The number of aliphatic hydroxyl groups is 2. The molecule has 0 amide bonds. The standard InChI is InChI=1S/C39H56O10/c1-21(2)15-25(6)36(41)47-33-26(7)27(8)48-38(34(33)40)19-30-18-29(49-38)14-13-23(4)16-22(3)11-10-12-28-20-45-35-32(44-9)24(5)17-31(37(42)46-30)39(28,35)43/h10-13,15,17,21-22,26-27,29-35,40,43H,14,16,18-20H2,1-9H3/b11-10+,23-13+,25-15+,28-12+/t22-,26+,27+,29+,30-,31-,32+,33-,34+,35?,38+,39+/m0/s1. The van der Waals surface area contributed by atoms with Gasteiger partial charge in [-0.1, -0.05) is 69.7 Å². The Morgan fingerprint density at radius 3 is 2.57 bits per heavy atom. The number of hydrogen-bond acceptors (Lipinski definition) is 10. The van der Waals surface area contributed by atoms with Crippen molar-refractivity contribution in [2.24, 2.45) is 23.7 Å². The minimum atomic E-state index is -1.69. The normalized spacial score (nSPS) is 44.6. The molecule has 0 aromatic carbocycles. The lowest BCUT2D eigenvalue weighted by Crippen LogP contribution is -2.67. The minimum Gasteiger partial charge on any atom is -0.462 e. The lowest BCUT2D eigenvalue weighted by molar-refractivity contribution is -0.382. The third kappa shape index (κ3) is 7.55. The van der Waals surface area contributed by atoms with Gasteiger partial charge in [-0.2, -0.15) is 0 Å². The van der Waals surface area contributed by atoms with Crippen LogP contribution in [0.5, 0.6) is 0 Å². The molecule has 4 aliphatic heterocycles. The van der Waals surface area contributed by atoms with Crippen molar-refractivity contribution in [3.05, 3.63) is 58.7 Å². The summed E-state index contributed by atoms with van der Waals surface area (Å²) in [5, 5.41) is 24.4. The number of carbonyl (C=O) groups is 2. The van der Waals surface area contributed by atoms with Gasteiger partial charge in [-0.25, -0.2) is 4.79 Å². The van der Waals surface area contributed by atoms with E-state index < -0.39 is 72.0 Å². The number of rotatable bonds is 4. The van der Waals surface area contributed by atoms with Crippen LogP contribution in [0.1, 0.15) is 81.1 Å². The van der Waals surface area contributed by atoms with Gasteiger partial charge in [-0.05, 0) is 63.5 Å². The fourth-order valence-electron chi connectivity index (χ4n) is 8.18. The van der Waals surface area contributed by atoms with Gasteiger partial charge in [0, 0.05) is 31.4 Å². The molecule has 4 heterocycles. The van der Waals surface area contributed by atoms with E-state index >= 15 is 0 Å². The average Bonchev–Trinajstić information content (AvgIpc) is 3.36. The first-order valence-electron chi connectivity index (χ1n) is 17.8. The summed E-state index contributed by atoms with van der Waals surface area (Å²) >= 11 is 0. The van der Waals surface area contributed by atoms with Gasteiger partial charge in [0.1, 0.15) is 42.0 Å². The molecule has 1 spiro atoms. The Kier molecular flexibility index (Phi) is 11.5. The van der Waals surface area contributed by atoms with Gasteiger partial charge in [0.05, 0.1) is 18.8 Å². The van der Waals surface area contributed by atoms with E-state index in [1.807, 2.05) is 52.8 Å². The van der Waals surface area contributed by atoms with Gasteiger partial charge in [-0.15, -0.1) is 0 Å². The van der Waals surface area contributed by atoms with Crippen molar-refractivity contribution in [3.63, 3.8) is 0 Å². The topological polar surface area (TPSA) is 130 Å². The molecule has 0 aromatic heterocycles. The van der Waals surface area contributed by atoms with Crippen LogP contribution in [0.25, 0.3) is 0 Å². The average molecular weight is 685 g/mol. The number of hydrogen-bond donors (Lipinski definition) is 2. The summed E-state index contributed by atoms with van der Waals surface area (Å²) < 4.78 is 37.3. The maximum Gasteiger partial charge on any atom is 0.333 e. The molecule has 2 N–H and O–H groups in total. The van der Waals surface area contributed by atoms with Crippen LogP contribution in [-0.4, -0.2) is 90.0 Å². The predicted octanol–water partition coefficient (Wildman–Crippen LogP) is 5.28. The molecule has 1 unspecified atom stereocenters. The molecule has 0 saturated carbocycles.